The second kappa shape index (κ2) is 6.35. The zero-order chi connectivity index (χ0) is 21.0. The molecule has 0 bridgehead atoms. The maximum Gasteiger partial charge on any atom is 0.573 e. The minimum absolute atomic E-state index is 0.319. The summed E-state index contributed by atoms with van der Waals surface area (Å²) in [6.07, 6.45) is -4.45. The lowest BCUT2D eigenvalue weighted by Crippen LogP contribution is -2.41. The number of rotatable bonds is 4. The first-order valence-electron chi connectivity index (χ1n) is 7.58. The van der Waals surface area contributed by atoms with Crippen molar-refractivity contribution in [2.75, 3.05) is 6.26 Å². The molecule has 1 aromatic carbocycles. The van der Waals surface area contributed by atoms with Gasteiger partial charge in [0, 0.05) is 17.8 Å². The van der Waals surface area contributed by atoms with Crippen LogP contribution in [0.4, 0.5) is 18.9 Å². The number of benzene rings is 1. The molecule has 0 atom stereocenters. The fraction of sp³-hybridized carbons (Fsp3) is 0.571. The lowest BCUT2D eigenvalue weighted by Gasteiger charge is -2.32. The van der Waals surface area contributed by atoms with Crippen LogP contribution in [0.25, 0.3) is 0 Å². The molecule has 0 amide bonds. The van der Waals surface area contributed by atoms with Crippen LogP contribution in [0.15, 0.2) is 17.0 Å². The van der Waals surface area contributed by atoms with Crippen LogP contribution < -0.4 is 10.2 Å². The number of nitro groups is 1. The minimum atomic E-state index is -5.22. The highest BCUT2D eigenvalue weighted by atomic mass is 32.2. The fourth-order valence-corrected chi connectivity index (χ4v) is 3.30. The van der Waals surface area contributed by atoms with E-state index in [4.69, 9.17) is 9.31 Å². The third kappa shape index (κ3) is 4.35. The predicted octanol–water partition coefficient (Wildman–Crippen LogP) is 2.20. The van der Waals surface area contributed by atoms with Crippen molar-refractivity contribution in [2.45, 2.75) is 50.2 Å². The van der Waals surface area contributed by atoms with E-state index in [9.17, 15) is 31.7 Å². The Morgan fingerprint density at radius 3 is 2.00 bits per heavy atom. The Morgan fingerprint density at radius 1 is 1.15 bits per heavy atom. The summed E-state index contributed by atoms with van der Waals surface area (Å²) in [6, 6.07) is 1.13. The van der Waals surface area contributed by atoms with Gasteiger partial charge in [0.15, 0.2) is 9.84 Å². The average Bonchev–Trinajstić information content (AvgIpc) is 2.63. The van der Waals surface area contributed by atoms with Gasteiger partial charge in [-0.3, -0.25) is 10.1 Å². The van der Waals surface area contributed by atoms with E-state index in [1.165, 1.54) is 0 Å². The van der Waals surface area contributed by atoms with Gasteiger partial charge in [-0.25, -0.2) is 8.42 Å². The lowest BCUT2D eigenvalue weighted by molar-refractivity contribution is -0.388. The highest BCUT2D eigenvalue weighted by Gasteiger charge is 2.53. The molecular formula is C14H17BF3NO7S. The van der Waals surface area contributed by atoms with Crippen molar-refractivity contribution >= 4 is 28.1 Å². The molecule has 0 aromatic heterocycles. The van der Waals surface area contributed by atoms with Gasteiger partial charge < -0.3 is 14.0 Å². The van der Waals surface area contributed by atoms with Crippen LogP contribution >= 0.6 is 0 Å². The van der Waals surface area contributed by atoms with E-state index in [1.54, 1.807) is 27.7 Å². The maximum absolute atomic E-state index is 12.6. The summed E-state index contributed by atoms with van der Waals surface area (Å²) in [7, 11) is -5.43. The summed E-state index contributed by atoms with van der Waals surface area (Å²) in [5.41, 5.74) is -3.30. The predicted molar refractivity (Wildman–Crippen MR) is 88.6 cm³/mol. The molecule has 1 aliphatic rings. The second-order valence-electron chi connectivity index (χ2n) is 7.02. The van der Waals surface area contributed by atoms with Gasteiger partial charge in [-0.1, -0.05) is 0 Å². The molecule has 0 unspecified atom stereocenters. The molecule has 13 heteroatoms. The fourth-order valence-electron chi connectivity index (χ4n) is 2.39. The van der Waals surface area contributed by atoms with Gasteiger partial charge in [0.2, 0.25) is 5.75 Å². The smallest absolute Gasteiger partial charge is 0.399 e. The Bertz CT molecular complexity index is 867. The van der Waals surface area contributed by atoms with E-state index in [2.05, 4.69) is 4.74 Å². The molecule has 8 nitrogen and oxygen atoms in total. The molecule has 0 N–H and O–H groups in total. The molecule has 1 saturated heterocycles. The molecule has 1 heterocycles. The number of hydrogen-bond acceptors (Lipinski definition) is 7. The van der Waals surface area contributed by atoms with Crippen LogP contribution in [0.1, 0.15) is 27.7 Å². The molecule has 2 rings (SSSR count). The van der Waals surface area contributed by atoms with Gasteiger partial charge in [-0.15, -0.1) is 13.2 Å². The van der Waals surface area contributed by atoms with Crippen LogP contribution in [-0.4, -0.2) is 44.3 Å². The molecule has 0 saturated carbocycles. The van der Waals surface area contributed by atoms with E-state index in [-0.39, 0.29) is 5.46 Å². The van der Waals surface area contributed by atoms with Crippen LogP contribution in [0, 0.1) is 10.1 Å². The van der Waals surface area contributed by atoms with Crippen molar-refractivity contribution in [3.8, 4) is 5.75 Å². The summed E-state index contributed by atoms with van der Waals surface area (Å²) in [6.45, 7) is 6.63. The summed E-state index contributed by atoms with van der Waals surface area (Å²) < 4.78 is 77.2. The Hall–Kier alpha value is -1.86. The highest BCUT2D eigenvalue weighted by Crippen LogP contribution is 2.39. The van der Waals surface area contributed by atoms with Gasteiger partial charge >= 0.3 is 19.2 Å². The number of halogens is 3. The first-order valence-corrected chi connectivity index (χ1v) is 9.47. The Morgan fingerprint density at radius 2 is 1.63 bits per heavy atom. The standard InChI is InChI=1S/C14H17BF3NO7S/c1-12(2)13(3,4)26-15(25-12)8-6-10(24-14(16,17)18)9(19(20)21)7-11(8)27(5,22)23/h6-7H,1-5H3. The van der Waals surface area contributed by atoms with Gasteiger partial charge in [0.05, 0.1) is 21.0 Å². The maximum atomic E-state index is 12.6. The van der Waals surface area contributed by atoms with Crippen molar-refractivity contribution in [3.63, 3.8) is 0 Å². The van der Waals surface area contributed by atoms with Crippen LogP contribution in [0.3, 0.4) is 0 Å². The van der Waals surface area contributed by atoms with E-state index in [1.807, 2.05) is 0 Å². The number of nitro benzene ring substituents is 1. The molecule has 1 aromatic rings. The zero-order valence-electron chi connectivity index (χ0n) is 15.1. The van der Waals surface area contributed by atoms with Gasteiger partial charge in [-0.05, 0) is 33.8 Å². The third-order valence-corrected chi connectivity index (χ3v) is 5.57. The molecule has 0 aliphatic carbocycles. The normalized spacial score (nSPS) is 19.2. The molecular weight excluding hydrogens is 394 g/mol. The van der Waals surface area contributed by atoms with Crippen molar-refractivity contribution in [1.29, 1.82) is 0 Å². The molecule has 0 spiro atoms. The number of hydrogen-bond donors (Lipinski definition) is 0. The first kappa shape index (κ1) is 21.4. The van der Waals surface area contributed by atoms with Crippen molar-refractivity contribution in [1.82, 2.24) is 0 Å². The molecule has 0 radical (unpaired) electrons. The van der Waals surface area contributed by atoms with E-state index < -0.39 is 55.8 Å². The van der Waals surface area contributed by atoms with E-state index >= 15 is 0 Å². The SMILES string of the molecule is CC1(C)OB(c2cc(OC(F)(F)F)c([N+](=O)[O-])cc2S(C)(=O)=O)OC1(C)C. The van der Waals surface area contributed by atoms with Crippen LogP contribution in [0.2, 0.25) is 0 Å². The molecule has 1 aliphatic heterocycles. The lowest BCUT2D eigenvalue weighted by atomic mass is 9.78. The Labute approximate surface area is 153 Å². The van der Waals surface area contributed by atoms with E-state index in [0.29, 0.717) is 12.1 Å². The van der Waals surface area contributed by atoms with Crippen LogP contribution in [-0.2, 0) is 19.1 Å². The van der Waals surface area contributed by atoms with Gasteiger partial charge in [0.25, 0.3) is 0 Å². The molecule has 1 fully saturated rings. The monoisotopic (exact) mass is 411 g/mol. The average molecular weight is 411 g/mol. The van der Waals surface area contributed by atoms with E-state index in [0.717, 1.165) is 6.26 Å². The first-order chi connectivity index (χ1) is 11.9. The highest BCUT2D eigenvalue weighted by molar-refractivity contribution is 7.91. The molecule has 27 heavy (non-hydrogen) atoms. The number of nitrogens with zero attached hydrogens (tertiary/aromatic N) is 1. The second-order valence-corrected chi connectivity index (χ2v) is 9.01. The number of ether oxygens (including phenoxy) is 1. The molecule has 150 valence electrons. The third-order valence-electron chi connectivity index (χ3n) is 4.42. The largest absolute Gasteiger partial charge is 0.573 e. The summed E-state index contributed by atoms with van der Waals surface area (Å²) in [5, 5.41) is 11.1. The van der Waals surface area contributed by atoms with Crippen molar-refractivity contribution in [3.05, 3.63) is 22.2 Å². The van der Waals surface area contributed by atoms with Gasteiger partial charge in [-0.2, -0.15) is 0 Å². The zero-order valence-corrected chi connectivity index (χ0v) is 15.9. The topological polar surface area (TPSA) is 105 Å². The summed E-state index contributed by atoms with van der Waals surface area (Å²) in [4.78, 5) is 9.38. The Balaban J connectivity index is 2.72. The Kier molecular flexibility index (Phi) is 5.04. The van der Waals surface area contributed by atoms with Gasteiger partial charge in [0.1, 0.15) is 0 Å². The van der Waals surface area contributed by atoms with Crippen LogP contribution in [0.5, 0.6) is 5.75 Å². The number of alkyl halides is 3. The van der Waals surface area contributed by atoms with Crippen molar-refractivity contribution in [2.24, 2.45) is 0 Å². The van der Waals surface area contributed by atoms with Crippen molar-refractivity contribution < 1.29 is 40.6 Å². The summed E-state index contributed by atoms with van der Waals surface area (Å²) >= 11 is 0. The minimum Gasteiger partial charge on any atom is -0.399 e. The summed E-state index contributed by atoms with van der Waals surface area (Å²) in [5.74, 6) is -1.16. The number of sulfone groups is 1. The quantitative estimate of drug-likeness (QED) is 0.425.